The lowest BCUT2D eigenvalue weighted by molar-refractivity contribution is 0.420. The molecule has 1 aliphatic rings. The standard InChI is InChI=1S/C23H32N8/c1-15(2)16(11-24)10-22(26)31-23-4-3-20-21(30-23)9-17(13-29-20)18(12-25)14-28-19-5-7-27-8-6-19/h3-4,9-15,19,25,27-28H,5-8,24,26H2,1-2H3,(H,30,31)/b16-11+,18-14+,22-10+,25-12?. The van der Waals surface area contributed by atoms with Crippen LogP contribution in [-0.4, -0.2) is 35.3 Å². The van der Waals surface area contributed by atoms with Gasteiger partial charge in [-0.05, 0) is 67.9 Å². The maximum absolute atomic E-state index is 7.83. The number of hydrogen-bond acceptors (Lipinski definition) is 8. The molecule has 0 radical (unpaired) electrons. The summed E-state index contributed by atoms with van der Waals surface area (Å²) >= 11 is 0. The van der Waals surface area contributed by atoms with E-state index in [4.69, 9.17) is 16.9 Å². The Kier molecular flexibility index (Phi) is 7.61. The predicted molar refractivity (Wildman–Crippen MR) is 128 cm³/mol. The molecule has 3 heterocycles. The van der Waals surface area contributed by atoms with Crippen molar-refractivity contribution in [2.75, 3.05) is 18.4 Å². The summed E-state index contributed by atoms with van der Waals surface area (Å²) in [6, 6.07) is 6.09. The molecule has 2 aromatic heterocycles. The van der Waals surface area contributed by atoms with Crippen LogP contribution in [0.5, 0.6) is 0 Å². The van der Waals surface area contributed by atoms with Crippen LogP contribution in [0, 0.1) is 11.3 Å². The molecule has 0 aromatic carbocycles. The Morgan fingerprint density at radius 2 is 2.03 bits per heavy atom. The summed E-state index contributed by atoms with van der Waals surface area (Å²) in [5, 5.41) is 17.7. The fourth-order valence-corrected chi connectivity index (χ4v) is 3.41. The highest BCUT2D eigenvalue weighted by Crippen LogP contribution is 2.20. The van der Waals surface area contributed by atoms with E-state index in [1.807, 2.05) is 30.5 Å². The van der Waals surface area contributed by atoms with Gasteiger partial charge in [-0.1, -0.05) is 13.8 Å². The first-order chi connectivity index (χ1) is 15.0. The van der Waals surface area contributed by atoms with E-state index >= 15 is 0 Å². The van der Waals surface area contributed by atoms with E-state index in [1.54, 1.807) is 12.4 Å². The largest absolute Gasteiger partial charge is 0.404 e. The van der Waals surface area contributed by atoms with Crippen molar-refractivity contribution >= 4 is 28.6 Å². The number of fused-ring (bicyclic) bond motifs is 1. The maximum Gasteiger partial charge on any atom is 0.132 e. The first-order valence-electron chi connectivity index (χ1n) is 10.6. The first-order valence-corrected chi connectivity index (χ1v) is 10.6. The van der Waals surface area contributed by atoms with Crippen LogP contribution in [0.15, 0.2) is 54.3 Å². The van der Waals surface area contributed by atoms with E-state index < -0.39 is 0 Å². The molecule has 8 N–H and O–H groups in total. The number of hydrogen-bond donors (Lipinski definition) is 6. The first kappa shape index (κ1) is 22.3. The van der Waals surface area contributed by atoms with E-state index in [0.717, 1.165) is 53.7 Å². The van der Waals surface area contributed by atoms with Crippen molar-refractivity contribution in [1.29, 1.82) is 5.41 Å². The summed E-state index contributed by atoms with van der Waals surface area (Å²) in [5.74, 6) is 1.35. The third-order valence-corrected chi connectivity index (χ3v) is 5.29. The molecule has 0 spiro atoms. The summed E-state index contributed by atoms with van der Waals surface area (Å²) in [6.45, 7) is 6.14. The van der Waals surface area contributed by atoms with Crippen LogP contribution >= 0.6 is 0 Å². The van der Waals surface area contributed by atoms with Crippen molar-refractivity contribution in [2.24, 2.45) is 17.4 Å². The van der Waals surface area contributed by atoms with Crippen LogP contribution in [0.25, 0.3) is 16.6 Å². The van der Waals surface area contributed by atoms with Gasteiger partial charge in [-0.2, -0.15) is 0 Å². The lowest BCUT2D eigenvalue weighted by Crippen LogP contribution is -2.37. The van der Waals surface area contributed by atoms with Gasteiger partial charge in [0, 0.05) is 35.8 Å². The molecule has 8 heteroatoms. The van der Waals surface area contributed by atoms with Gasteiger partial charge >= 0.3 is 0 Å². The number of nitrogens with zero attached hydrogens (tertiary/aromatic N) is 2. The van der Waals surface area contributed by atoms with Gasteiger partial charge in [-0.25, -0.2) is 4.98 Å². The second-order valence-corrected chi connectivity index (χ2v) is 7.94. The summed E-state index contributed by atoms with van der Waals surface area (Å²) in [5.41, 5.74) is 15.8. The highest BCUT2D eigenvalue weighted by molar-refractivity contribution is 6.08. The molecular formula is C23H32N8. The van der Waals surface area contributed by atoms with Gasteiger partial charge in [0.05, 0.1) is 11.0 Å². The SMILES string of the molecule is CC(C)C(=C/N)/C=C(\N)Nc1ccc2ncc(/C(C=N)=C/NC3CCNCC3)cc2n1. The predicted octanol–water partition coefficient (Wildman–Crippen LogP) is 2.67. The number of anilines is 1. The van der Waals surface area contributed by atoms with Gasteiger partial charge in [0.15, 0.2) is 0 Å². The van der Waals surface area contributed by atoms with Crippen molar-refractivity contribution < 1.29 is 0 Å². The van der Waals surface area contributed by atoms with E-state index in [-0.39, 0.29) is 5.92 Å². The Bertz CT molecular complexity index is 1000. The molecule has 2 aromatic rings. The van der Waals surface area contributed by atoms with Gasteiger partial charge in [0.1, 0.15) is 11.6 Å². The second-order valence-electron chi connectivity index (χ2n) is 7.94. The van der Waals surface area contributed by atoms with E-state index in [2.05, 4.69) is 39.8 Å². The van der Waals surface area contributed by atoms with Crippen molar-refractivity contribution in [1.82, 2.24) is 20.6 Å². The molecule has 8 nitrogen and oxygen atoms in total. The summed E-state index contributed by atoms with van der Waals surface area (Å²) < 4.78 is 0. The minimum atomic E-state index is 0.270. The Morgan fingerprint density at radius 1 is 1.26 bits per heavy atom. The molecule has 0 aliphatic carbocycles. The van der Waals surface area contributed by atoms with Crippen LogP contribution in [0.3, 0.4) is 0 Å². The molecule has 0 unspecified atom stereocenters. The molecule has 1 fully saturated rings. The molecule has 31 heavy (non-hydrogen) atoms. The number of aromatic nitrogens is 2. The fourth-order valence-electron chi connectivity index (χ4n) is 3.41. The van der Waals surface area contributed by atoms with Crippen LogP contribution < -0.4 is 27.4 Å². The van der Waals surface area contributed by atoms with Gasteiger partial charge in [0.2, 0.25) is 0 Å². The summed E-state index contributed by atoms with van der Waals surface area (Å²) in [6.07, 6.45) is 10.5. The molecule has 0 amide bonds. The Morgan fingerprint density at radius 3 is 2.71 bits per heavy atom. The summed E-state index contributed by atoms with van der Waals surface area (Å²) in [7, 11) is 0. The van der Waals surface area contributed by atoms with Gasteiger partial charge in [-0.15, -0.1) is 0 Å². The Balaban J connectivity index is 1.80. The van der Waals surface area contributed by atoms with Gasteiger partial charge < -0.3 is 32.8 Å². The average molecular weight is 421 g/mol. The topological polar surface area (TPSA) is 138 Å². The van der Waals surface area contributed by atoms with Gasteiger partial charge in [-0.3, -0.25) is 4.98 Å². The van der Waals surface area contributed by atoms with E-state index in [9.17, 15) is 0 Å². The zero-order chi connectivity index (χ0) is 22.2. The maximum atomic E-state index is 7.83. The minimum Gasteiger partial charge on any atom is -0.404 e. The van der Waals surface area contributed by atoms with Crippen LogP contribution in [-0.2, 0) is 0 Å². The molecule has 0 bridgehead atoms. The van der Waals surface area contributed by atoms with Gasteiger partial charge in [0.25, 0.3) is 0 Å². The number of allylic oxidation sites excluding steroid dienone is 3. The van der Waals surface area contributed by atoms with Crippen LogP contribution in [0.2, 0.25) is 0 Å². The fraction of sp³-hybridized carbons (Fsp3) is 0.348. The molecule has 3 rings (SSSR count). The highest BCUT2D eigenvalue weighted by atomic mass is 15.1. The Labute approximate surface area is 183 Å². The quantitative estimate of drug-likeness (QED) is 0.285. The molecule has 0 saturated carbocycles. The molecular weight excluding hydrogens is 388 g/mol. The van der Waals surface area contributed by atoms with Crippen LogP contribution in [0.4, 0.5) is 5.82 Å². The number of nitrogens with two attached hydrogens (primary N) is 2. The molecule has 1 aliphatic heterocycles. The zero-order valence-corrected chi connectivity index (χ0v) is 18.2. The summed E-state index contributed by atoms with van der Waals surface area (Å²) in [4.78, 5) is 9.15. The smallest absolute Gasteiger partial charge is 0.132 e. The van der Waals surface area contributed by atoms with Crippen LogP contribution in [0.1, 0.15) is 32.3 Å². The third-order valence-electron chi connectivity index (χ3n) is 5.29. The average Bonchev–Trinajstić information content (AvgIpc) is 2.78. The number of nitrogens with one attached hydrogen (secondary N) is 4. The zero-order valence-electron chi connectivity index (χ0n) is 18.2. The lowest BCUT2D eigenvalue weighted by Gasteiger charge is -2.23. The Hall–Kier alpha value is -3.39. The second kappa shape index (κ2) is 10.6. The van der Waals surface area contributed by atoms with E-state index in [1.165, 1.54) is 6.21 Å². The number of piperidine rings is 1. The number of rotatable bonds is 8. The van der Waals surface area contributed by atoms with Crippen molar-refractivity contribution in [2.45, 2.75) is 32.7 Å². The molecule has 164 valence electrons. The third kappa shape index (κ3) is 6.05. The normalized spacial score (nSPS) is 16.5. The van der Waals surface area contributed by atoms with Crippen molar-refractivity contribution in [3.63, 3.8) is 0 Å². The molecule has 0 atom stereocenters. The monoisotopic (exact) mass is 420 g/mol. The van der Waals surface area contributed by atoms with Crippen molar-refractivity contribution in [3.05, 3.63) is 59.8 Å². The van der Waals surface area contributed by atoms with Crippen molar-refractivity contribution in [3.8, 4) is 0 Å². The van der Waals surface area contributed by atoms with E-state index in [0.29, 0.717) is 17.7 Å². The highest BCUT2D eigenvalue weighted by Gasteiger charge is 2.11. The minimum absolute atomic E-state index is 0.270. The molecule has 1 saturated heterocycles. The number of pyridine rings is 2. The lowest BCUT2D eigenvalue weighted by atomic mass is 10.0.